The zero-order valence-electron chi connectivity index (χ0n) is 11.4. The van der Waals surface area contributed by atoms with Crippen LogP contribution in [0.5, 0.6) is 0 Å². The van der Waals surface area contributed by atoms with Gasteiger partial charge in [0.25, 0.3) is 0 Å². The second kappa shape index (κ2) is 6.80. The third kappa shape index (κ3) is 3.87. The van der Waals surface area contributed by atoms with Crippen LogP contribution in [-0.4, -0.2) is 13.6 Å². The predicted molar refractivity (Wildman–Crippen MR) is 74.8 cm³/mol. The molecule has 1 aromatic carbocycles. The van der Waals surface area contributed by atoms with Crippen molar-refractivity contribution in [1.29, 1.82) is 0 Å². The predicted octanol–water partition coefficient (Wildman–Crippen LogP) is 4.15. The van der Waals surface area contributed by atoms with Gasteiger partial charge in [-0.05, 0) is 37.9 Å². The molecule has 0 bridgehead atoms. The maximum Gasteiger partial charge on any atom is 0.133 e. The lowest BCUT2D eigenvalue weighted by atomic mass is 9.83. The molecule has 104 valence electrons. The van der Waals surface area contributed by atoms with Gasteiger partial charge in [-0.3, -0.25) is 0 Å². The van der Waals surface area contributed by atoms with Gasteiger partial charge in [-0.15, -0.1) is 0 Å². The fourth-order valence-electron chi connectivity index (χ4n) is 2.81. The van der Waals surface area contributed by atoms with Crippen molar-refractivity contribution in [2.24, 2.45) is 5.92 Å². The van der Waals surface area contributed by atoms with Crippen molar-refractivity contribution in [2.75, 3.05) is 13.6 Å². The van der Waals surface area contributed by atoms with Gasteiger partial charge in [-0.25, -0.2) is 8.78 Å². The number of hydrogen-bond acceptors (Lipinski definition) is 1. The van der Waals surface area contributed by atoms with E-state index >= 15 is 0 Å². The summed E-state index contributed by atoms with van der Waals surface area (Å²) >= 11 is 0. The van der Waals surface area contributed by atoms with Crippen molar-refractivity contribution in [3.05, 3.63) is 41.0 Å². The normalized spacial score (nSPS) is 17.7. The van der Waals surface area contributed by atoms with Crippen LogP contribution in [-0.2, 0) is 0 Å². The van der Waals surface area contributed by atoms with E-state index in [-0.39, 0.29) is 0 Å². The first-order valence-corrected chi connectivity index (χ1v) is 7.01. The van der Waals surface area contributed by atoms with E-state index in [9.17, 15) is 8.78 Å². The van der Waals surface area contributed by atoms with Gasteiger partial charge in [0.1, 0.15) is 11.6 Å². The van der Waals surface area contributed by atoms with Crippen LogP contribution in [0.15, 0.2) is 23.8 Å². The highest BCUT2D eigenvalue weighted by Gasteiger charge is 2.17. The molecule has 0 aromatic heterocycles. The third-order valence-electron chi connectivity index (χ3n) is 3.81. The number of hydrogen-bond donors (Lipinski definition) is 1. The van der Waals surface area contributed by atoms with Crippen LogP contribution in [0.25, 0.3) is 6.08 Å². The molecule has 0 atom stereocenters. The first-order chi connectivity index (χ1) is 9.20. The Hall–Kier alpha value is -1.22. The summed E-state index contributed by atoms with van der Waals surface area (Å²) in [6.07, 6.45) is 8.04. The second-order valence-corrected chi connectivity index (χ2v) is 5.25. The van der Waals surface area contributed by atoms with Crippen molar-refractivity contribution in [3.63, 3.8) is 0 Å². The Kier molecular flexibility index (Phi) is 5.08. The summed E-state index contributed by atoms with van der Waals surface area (Å²) in [6.45, 7) is 0.765. The van der Waals surface area contributed by atoms with E-state index in [2.05, 4.69) is 5.32 Å². The Bertz CT molecular complexity index is 448. The van der Waals surface area contributed by atoms with Gasteiger partial charge in [0.05, 0.1) is 0 Å². The van der Waals surface area contributed by atoms with E-state index < -0.39 is 11.6 Å². The first-order valence-electron chi connectivity index (χ1n) is 7.01. The lowest BCUT2D eigenvalue weighted by molar-refractivity contribution is 0.398. The third-order valence-corrected chi connectivity index (χ3v) is 3.81. The van der Waals surface area contributed by atoms with E-state index in [0.29, 0.717) is 11.5 Å². The monoisotopic (exact) mass is 265 g/mol. The summed E-state index contributed by atoms with van der Waals surface area (Å²) in [7, 11) is 1.90. The molecule has 1 aliphatic rings. The summed E-state index contributed by atoms with van der Waals surface area (Å²) < 4.78 is 26.6. The second-order valence-electron chi connectivity index (χ2n) is 5.25. The van der Waals surface area contributed by atoms with Crippen LogP contribution in [0.2, 0.25) is 0 Å². The van der Waals surface area contributed by atoms with Crippen LogP contribution < -0.4 is 5.32 Å². The molecule has 1 N–H and O–H groups in total. The molecule has 1 aliphatic carbocycles. The van der Waals surface area contributed by atoms with Crippen molar-refractivity contribution in [1.82, 2.24) is 5.32 Å². The van der Waals surface area contributed by atoms with E-state index in [4.69, 9.17) is 0 Å². The van der Waals surface area contributed by atoms with Crippen LogP contribution in [0.3, 0.4) is 0 Å². The average molecular weight is 265 g/mol. The molecule has 0 saturated heterocycles. The molecule has 0 heterocycles. The van der Waals surface area contributed by atoms with Gasteiger partial charge in [-0.2, -0.15) is 0 Å². The van der Waals surface area contributed by atoms with Gasteiger partial charge in [0.2, 0.25) is 0 Å². The highest BCUT2D eigenvalue weighted by Crippen LogP contribution is 2.30. The van der Waals surface area contributed by atoms with Crippen molar-refractivity contribution < 1.29 is 8.78 Å². The minimum Gasteiger partial charge on any atom is -0.316 e. The number of nitrogens with one attached hydrogen (secondary N) is 1. The lowest BCUT2D eigenvalue weighted by Crippen LogP contribution is -2.19. The Balaban J connectivity index is 2.23. The van der Waals surface area contributed by atoms with E-state index in [0.717, 1.165) is 12.6 Å². The molecule has 1 fully saturated rings. The standard InChI is InChI=1S/C16H21F2N/c1-19-11-14(12-5-3-2-4-6-12)9-13-7-8-15(17)10-16(13)18/h7-10,12,19H,2-6,11H2,1H3. The molecule has 1 aromatic rings. The Labute approximate surface area is 113 Å². The molecule has 0 unspecified atom stereocenters. The average Bonchev–Trinajstić information content (AvgIpc) is 2.42. The van der Waals surface area contributed by atoms with Crippen LogP contribution in [0.1, 0.15) is 37.7 Å². The lowest BCUT2D eigenvalue weighted by Gasteiger charge is -2.24. The van der Waals surface area contributed by atoms with Gasteiger partial charge in [0.15, 0.2) is 0 Å². The fourth-order valence-corrected chi connectivity index (χ4v) is 2.81. The van der Waals surface area contributed by atoms with Gasteiger partial charge < -0.3 is 5.32 Å². The van der Waals surface area contributed by atoms with Gasteiger partial charge in [0, 0.05) is 18.2 Å². The Morgan fingerprint density at radius 1 is 1.26 bits per heavy atom. The molecular formula is C16H21F2N. The summed E-state index contributed by atoms with van der Waals surface area (Å²) in [5, 5.41) is 3.15. The van der Waals surface area contributed by atoms with Crippen molar-refractivity contribution in [2.45, 2.75) is 32.1 Å². The minimum atomic E-state index is -0.525. The summed E-state index contributed by atoms with van der Waals surface area (Å²) in [4.78, 5) is 0. The van der Waals surface area contributed by atoms with E-state index in [1.165, 1.54) is 49.8 Å². The van der Waals surface area contributed by atoms with Crippen LogP contribution in [0, 0.1) is 17.6 Å². The van der Waals surface area contributed by atoms with Crippen molar-refractivity contribution in [3.8, 4) is 0 Å². The molecule has 0 aliphatic heterocycles. The van der Waals surface area contributed by atoms with Gasteiger partial charge in [-0.1, -0.05) is 30.9 Å². The Morgan fingerprint density at radius 3 is 2.63 bits per heavy atom. The quantitative estimate of drug-likeness (QED) is 0.862. The largest absolute Gasteiger partial charge is 0.316 e. The highest BCUT2D eigenvalue weighted by molar-refractivity contribution is 5.54. The molecule has 3 heteroatoms. The SMILES string of the molecule is CNCC(=Cc1ccc(F)cc1F)C1CCCCC1. The highest BCUT2D eigenvalue weighted by atomic mass is 19.1. The number of likely N-dealkylation sites (N-methyl/N-ethyl adjacent to an activating group) is 1. The molecule has 2 rings (SSSR count). The van der Waals surface area contributed by atoms with Crippen molar-refractivity contribution >= 4 is 6.08 Å². The zero-order chi connectivity index (χ0) is 13.7. The summed E-state index contributed by atoms with van der Waals surface area (Å²) in [5.74, 6) is -0.474. The van der Waals surface area contributed by atoms with Crippen LogP contribution >= 0.6 is 0 Å². The minimum absolute atomic E-state index is 0.482. The molecule has 1 saturated carbocycles. The van der Waals surface area contributed by atoms with Crippen LogP contribution in [0.4, 0.5) is 8.78 Å². The molecule has 0 radical (unpaired) electrons. The topological polar surface area (TPSA) is 12.0 Å². The first kappa shape index (κ1) is 14.2. The smallest absolute Gasteiger partial charge is 0.133 e. The molecule has 19 heavy (non-hydrogen) atoms. The fraction of sp³-hybridized carbons (Fsp3) is 0.500. The number of benzene rings is 1. The molecule has 0 amide bonds. The molecule has 0 spiro atoms. The van der Waals surface area contributed by atoms with E-state index in [1.807, 2.05) is 13.1 Å². The summed E-state index contributed by atoms with van der Waals surface area (Å²) in [5.41, 5.74) is 1.71. The number of halogens is 2. The molecular weight excluding hydrogens is 244 g/mol. The number of rotatable bonds is 4. The van der Waals surface area contributed by atoms with Gasteiger partial charge >= 0.3 is 0 Å². The molecule has 1 nitrogen and oxygen atoms in total. The van der Waals surface area contributed by atoms with E-state index in [1.54, 1.807) is 0 Å². The summed E-state index contributed by atoms with van der Waals surface area (Å²) in [6, 6.07) is 3.78. The maximum absolute atomic E-state index is 13.7. The zero-order valence-corrected chi connectivity index (χ0v) is 11.4. The maximum atomic E-state index is 13.7. The Morgan fingerprint density at radius 2 is 2.00 bits per heavy atom.